The Bertz CT molecular complexity index is 871. The standard InChI is InChI=1S/C17H16FN3OS/c1-9(2)20-16(22)15-14(19)12-7-8-13(21-17(12)23-15)10-3-5-11(18)6-4-10/h3-9H,19H2,1-2H3,(H,20,22). The molecule has 3 N–H and O–H groups in total. The minimum atomic E-state index is -0.289. The maximum atomic E-state index is 13.0. The van der Waals surface area contributed by atoms with Crippen LogP contribution in [0.15, 0.2) is 36.4 Å². The zero-order valence-electron chi connectivity index (χ0n) is 12.8. The van der Waals surface area contributed by atoms with Crippen molar-refractivity contribution >= 4 is 33.1 Å². The Morgan fingerprint density at radius 2 is 1.91 bits per heavy atom. The molecule has 0 aliphatic carbocycles. The summed E-state index contributed by atoms with van der Waals surface area (Å²) in [5, 5.41) is 3.59. The van der Waals surface area contributed by atoms with Gasteiger partial charge in [0.05, 0.1) is 11.4 Å². The highest BCUT2D eigenvalue weighted by atomic mass is 32.1. The highest BCUT2D eigenvalue weighted by Gasteiger charge is 2.18. The predicted molar refractivity (Wildman–Crippen MR) is 92.0 cm³/mol. The number of hydrogen-bond acceptors (Lipinski definition) is 4. The van der Waals surface area contributed by atoms with Crippen molar-refractivity contribution in [3.05, 3.63) is 47.1 Å². The average molecular weight is 329 g/mol. The molecule has 0 spiro atoms. The predicted octanol–water partition coefficient (Wildman–Crippen LogP) is 3.82. The van der Waals surface area contributed by atoms with E-state index < -0.39 is 0 Å². The number of nitrogen functional groups attached to an aromatic ring is 1. The molecule has 0 saturated carbocycles. The fourth-order valence-electron chi connectivity index (χ4n) is 2.28. The molecule has 1 aromatic carbocycles. The smallest absolute Gasteiger partial charge is 0.263 e. The second kappa shape index (κ2) is 5.96. The third-order valence-corrected chi connectivity index (χ3v) is 4.47. The summed E-state index contributed by atoms with van der Waals surface area (Å²) >= 11 is 1.26. The summed E-state index contributed by atoms with van der Waals surface area (Å²) in [5.41, 5.74) is 8.06. The van der Waals surface area contributed by atoms with E-state index in [0.29, 0.717) is 15.4 Å². The molecule has 0 unspecified atom stereocenters. The van der Waals surface area contributed by atoms with Gasteiger partial charge in [-0.3, -0.25) is 4.79 Å². The summed E-state index contributed by atoms with van der Waals surface area (Å²) in [5.74, 6) is -0.480. The van der Waals surface area contributed by atoms with E-state index >= 15 is 0 Å². The number of amides is 1. The van der Waals surface area contributed by atoms with Crippen molar-refractivity contribution in [2.75, 3.05) is 5.73 Å². The van der Waals surface area contributed by atoms with Gasteiger partial charge in [-0.2, -0.15) is 0 Å². The van der Waals surface area contributed by atoms with Crippen molar-refractivity contribution in [3.63, 3.8) is 0 Å². The van der Waals surface area contributed by atoms with Crippen LogP contribution in [-0.4, -0.2) is 16.9 Å². The van der Waals surface area contributed by atoms with Gasteiger partial charge in [-0.15, -0.1) is 11.3 Å². The number of pyridine rings is 1. The Hall–Kier alpha value is -2.47. The van der Waals surface area contributed by atoms with Gasteiger partial charge in [-0.05, 0) is 50.2 Å². The molecule has 6 heteroatoms. The second-order valence-electron chi connectivity index (χ2n) is 5.53. The van der Waals surface area contributed by atoms with Crippen molar-refractivity contribution in [2.45, 2.75) is 19.9 Å². The Morgan fingerprint density at radius 1 is 1.22 bits per heavy atom. The number of nitrogens with two attached hydrogens (primary N) is 1. The fourth-order valence-corrected chi connectivity index (χ4v) is 3.27. The van der Waals surface area contributed by atoms with Crippen LogP contribution >= 0.6 is 11.3 Å². The van der Waals surface area contributed by atoms with Gasteiger partial charge in [-0.1, -0.05) is 0 Å². The first-order valence-corrected chi connectivity index (χ1v) is 8.03. The van der Waals surface area contributed by atoms with Crippen LogP contribution in [0.5, 0.6) is 0 Å². The van der Waals surface area contributed by atoms with E-state index in [1.54, 1.807) is 12.1 Å². The van der Waals surface area contributed by atoms with Crippen molar-refractivity contribution in [3.8, 4) is 11.3 Å². The summed E-state index contributed by atoms with van der Waals surface area (Å²) < 4.78 is 13.0. The van der Waals surface area contributed by atoms with Gasteiger partial charge >= 0.3 is 0 Å². The molecular formula is C17H16FN3OS. The number of thiophene rings is 1. The lowest BCUT2D eigenvalue weighted by Crippen LogP contribution is -2.29. The number of anilines is 1. The molecule has 2 aromatic heterocycles. The van der Waals surface area contributed by atoms with Crippen LogP contribution in [0.25, 0.3) is 21.5 Å². The van der Waals surface area contributed by atoms with E-state index in [4.69, 9.17) is 5.73 Å². The van der Waals surface area contributed by atoms with Crippen molar-refractivity contribution < 1.29 is 9.18 Å². The molecule has 4 nitrogen and oxygen atoms in total. The molecular weight excluding hydrogens is 313 g/mol. The number of benzene rings is 1. The quantitative estimate of drug-likeness (QED) is 0.767. The fraction of sp³-hybridized carbons (Fsp3) is 0.176. The molecule has 0 saturated heterocycles. The molecule has 2 heterocycles. The molecule has 0 bridgehead atoms. The molecule has 1 amide bonds. The van der Waals surface area contributed by atoms with Crippen molar-refractivity contribution in [1.82, 2.24) is 10.3 Å². The maximum Gasteiger partial charge on any atom is 0.263 e. The van der Waals surface area contributed by atoms with Gasteiger partial charge < -0.3 is 11.1 Å². The third kappa shape index (κ3) is 3.03. The Labute approximate surface area is 137 Å². The lowest BCUT2D eigenvalue weighted by Gasteiger charge is -2.06. The van der Waals surface area contributed by atoms with Crippen LogP contribution in [0.1, 0.15) is 23.5 Å². The van der Waals surface area contributed by atoms with Crippen molar-refractivity contribution in [1.29, 1.82) is 0 Å². The molecule has 0 aliphatic rings. The number of halogens is 1. The molecule has 0 atom stereocenters. The summed E-state index contributed by atoms with van der Waals surface area (Å²) in [6.45, 7) is 3.79. The lowest BCUT2D eigenvalue weighted by atomic mass is 10.1. The van der Waals surface area contributed by atoms with Gasteiger partial charge in [0.25, 0.3) is 5.91 Å². The number of aromatic nitrogens is 1. The maximum absolute atomic E-state index is 13.0. The Morgan fingerprint density at radius 3 is 2.57 bits per heavy atom. The first kappa shape index (κ1) is 15.4. The highest BCUT2D eigenvalue weighted by Crippen LogP contribution is 2.34. The van der Waals surface area contributed by atoms with Crippen LogP contribution < -0.4 is 11.1 Å². The SMILES string of the molecule is CC(C)NC(=O)c1sc2nc(-c3ccc(F)cc3)ccc2c1N. The van der Waals surface area contributed by atoms with Gasteiger partial charge in [0.15, 0.2) is 0 Å². The number of nitrogens with zero attached hydrogens (tertiary/aromatic N) is 1. The van der Waals surface area contributed by atoms with Crippen LogP contribution in [0.2, 0.25) is 0 Å². The Kier molecular flexibility index (Phi) is 4.00. The first-order chi connectivity index (χ1) is 11.0. The molecule has 23 heavy (non-hydrogen) atoms. The zero-order chi connectivity index (χ0) is 16.6. The van der Waals surface area contributed by atoms with Gasteiger partial charge in [0, 0.05) is 17.0 Å². The highest BCUT2D eigenvalue weighted by molar-refractivity contribution is 7.21. The summed E-state index contributed by atoms with van der Waals surface area (Å²) in [6.07, 6.45) is 0. The van der Waals surface area contributed by atoms with Gasteiger partial charge in [-0.25, -0.2) is 9.37 Å². The third-order valence-electron chi connectivity index (χ3n) is 3.36. The molecule has 0 radical (unpaired) electrons. The summed E-state index contributed by atoms with van der Waals surface area (Å²) in [7, 11) is 0. The van der Waals surface area contributed by atoms with Crippen molar-refractivity contribution in [2.24, 2.45) is 0 Å². The summed E-state index contributed by atoms with van der Waals surface area (Å²) in [4.78, 5) is 17.9. The molecule has 3 aromatic rings. The van der Waals surface area contributed by atoms with E-state index in [9.17, 15) is 9.18 Å². The zero-order valence-corrected chi connectivity index (χ0v) is 13.6. The number of carbonyl (C=O) groups excluding carboxylic acids is 1. The number of hydrogen-bond donors (Lipinski definition) is 2. The topological polar surface area (TPSA) is 68.0 Å². The van der Waals surface area contributed by atoms with E-state index in [1.807, 2.05) is 26.0 Å². The van der Waals surface area contributed by atoms with E-state index in [2.05, 4.69) is 10.3 Å². The van der Waals surface area contributed by atoms with Crippen LogP contribution in [-0.2, 0) is 0 Å². The van der Waals surface area contributed by atoms with Gasteiger partial charge in [0.2, 0.25) is 0 Å². The second-order valence-corrected chi connectivity index (χ2v) is 6.53. The molecule has 3 rings (SSSR count). The molecule has 0 fully saturated rings. The number of nitrogens with one attached hydrogen (secondary N) is 1. The molecule has 118 valence electrons. The first-order valence-electron chi connectivity index (χ1n) is 7.21. The van der Waals surface area contributed by atoms with Gasteiger partial charge in [0.1, 0.15) is 15.5 Å². The lowest BCUT2D eigenvalue weighted by molar-refractivity contribution is 0.0948. The largest absolute Gasteiger partial charge is 0.397 e. The Balaban J connectivity index is 2.03. The summed E-state index contributed by atoms with van der Waals surface area (Å²) in [6, 6.07) is 9.84. The normalized spacial score (nSPS) is 11.1. The number of rotatable bonds is 3. The molecule has 0 aliphatic heterocycles. The number of fused-ring (bicyclic) bond motifs is 1. The van der Waals surface area contributed by atoms with Crippen LogP contribution in [0.3, 0.4) is 0 Å². The van der Waals surface area contributed by atoms with Crippen LogP contribution in [0, 0.1) is 5.82 Å². The van der Waals surface area contributed by atoms with Crippen LogP contribution in [0.4, 0.5) is 10.1 Å². The minimum absolute atomic E-state index is 0.0369. The minimum Gasteiger partial charge on any atom is -0.397 e. The van der Waals surface area contributed by atoms with E-state index in [1.165, 1.54) is 23.5 Å². The monoisotopic (exact) mass is 329 g/mol. The average Bonchev–Trinajstić information content (AvgIpc) is 2.84. The van der Waals surface area contributed by atoms with E-state index in [0.717, 1.165) is 16.6 Å². The number of carbonyl (C=O) groups is 1. The van der Waals surface area contributed by atoms with E-state index in [-0.39, 0.29) is 17.8 Å².